The molecule has 1 N–H and O–H groups in total. The minimum absolute atomic E-state index is 0. The highest BCUT2D eigenvalue weighted by atomic mass is 79.9. The number of hydrogen-bond acceptors (Lipinski definition) is 6. The molecule has 0 spiro atoms. The van der Waals surface area contributed by atoms with Crippen LogP contribution >= 0.6 is 28.3 Å². The quantitative estimate of drug-likeness (QED) is 0.480. The van der Waals surface area contributed by atoms with Gasteiger partial charge < -0.3 is 14.8 Å². The molecule has 0 bridgehead atoms. The molecule has 0 atom stereocenters. The average molecular weight is 449 g/mol. The second kappa shape index (κ2) is 6.82. The van der Waals surface area contributed by atoms with Crippen molar-refractivity contribution < 1.29 is 13.9 Å². The molecule has 0 amide bonds. The van der Waals surface area contributed by atoms with Gasteiger partial charge in [0.1, 0.15) is 17.2 Å². The predicted molar refractivity (Wildman–Crippen MR) is 107 cm³/mol. The highest BCUT2D eigenvalue weighted by Gasteiger charge is 2.16. The lowest BCUT2D eigenvalue weighted by atomic mass is 10.3. The molecule has 5 rings (SSSR count). The monoisotopic (exact) mass is 448 g/mol. The Morgan fingerprint density at radius 2 is 2.00 bits per heavy atom. The van der Waals surface area contributed by atoms with Gasteiger partial charge in [0.15, 0.2) is 16.6 Å². The summed E-state index contributed by atoms with van der Waals surface area (Å²) < 4.78 is 26.1. The maximum absolute atomic E-state index is 13.6. The zero-order valence-corrected chi connectivity index (χ0v) is 16.6. The number of fused-ring (bicyclic) bond motifs is 2. The molecule has 1 aliphatic heterocycles. The highest BCUT2D eigenvalue weighted by Crippen LogP contribution is 2.36. The van der Waals surface area contributed by atoms with Crippen LogP contribution in [0.25, 0.3) is 17.0 Å². The number of anilines is 2. The Labute approximate surface area is 168 Å². The van der Waals surface area contributed by atoms with Crippen molar-refractivity contribution in [3.8, 4) is 22.9 Å². The zero-order valence-electron chi connectivity index (χ0n) is 14.1. The van der Waals surface area contributed by atoms with E-state index in [0.717, 1.165) is 33.7 Å². The van der Waals surface area contributed by atoms with Gasteiger partial charge in [-0.15, -0.1) is 28.3 Å². The summed E-state index contributed by atoms with van der Waals surface area (Å²) in [5.74, 6) is 1.13. The molecule has 1 aromatic carbocycles. The van der Waals surface area contributed by atoms with Gasteiger partial charge in [-0.3, -0.25) is 4.40 Å². The Morgan fingerprint density at radius 1 is 1.15 bits per heavy atom. The van der Waals surface area contributed by atoms with Crippen LogP contribution in [0.4, 0.5) is 15.2 Å². The summed E-state index contributed by atoms with van der Waals surface area (Å²) in [5.41, 5.74) is 3.88. The van der Waals surface area contributed by atoms with Gasteiger partial charge in [-0.05, 0) is 31.2 Å². The van der Waals surface area contributed by atoms with Crippen LogP contribution in [0.1, 0.15) is 5.69 Å². The van der Waals surface area contributed by atoms with Gasteiger partial charge in [0.2, 0.25) is 6.79 Å². The number of halogens is 2. The fourth-order valence-electron chi connectivity index (χ4n) is 2.98. The lowest BCUT2D eigenvalue weighted by molar-refractivity contribution is 0.174. The van der Waals surface area contributed by atoms with E-state index in [1.807, 2.05) is 30.5 Å². The minimum atomic E-state index is -0.315. The van der Waals surface area contributed by atoms with Gasteiger partial charge in [0.05, 0.1) is 11.4 Å². The molecular formula is C18H14BrFN4O2S. The van der Waals surface area contributed by atoms with Crippen LogP contribution in [-0.4, -0.2) is 21.2 Å². The Kier molecular flexibility index (Phi) is 4.48. The van der Waals surface area contributed by atoms with Crippen molar-refractivity contribution in [2.75, 3.05) is 12.1 Å². The van der Waals surface area contributed by atoms with E-state index in [9.17, 15) is 4.39 Å². The number of thiazole rings is 1. The van der Waals surface area contributed by atoms with Crippen LogP contribution < -0.4 is 14.8 Å². The van der Waals surface area contributed by atoms with E-state index in [4.69, 9.17) is 9.47 Å². The molecule has 1 aliphatic rings. The molecule has 4 heterocycles. The lowest BCUT2D eigenvalue weighted by Gasteiger charge is -2.04. The summed E-state index contributed by atoms with van der Waals surface area (Å²) in [6.45, 7) is 2.13. The highest BCUT2D eigenvalue weighted by molar-refractivity contribution is 8.93. The van der Waals surface area contributed by atoms with E-state index in [0.29, 0.717) is 11.4 Å². The van der Waals surface area contributed by atoms with Crippen LogP contribution in [0, 0.1) is 12.7 Å². The first-order valence-electron chi connectivity index (χ1n) is 7.94. The SMILES string of the molecule is Br.Cc1nc2ccc(F)cn2c1-c1csc(Nc2ccc3c(c2)OCO3)n1. The van der Waals surface area contributed by atoms with Crippen molar-refractivity contribution in [2.45, 2.75) is 6.92 Å². The molecule has 0 aliphatic carbocycles. The van der Waals surface area contributed by atoms with Gasteiger partial charge >= 0.3 is 0 Å². The number of imidazole rings is 1. The molecule has 4 aromatic rings. The number of aryl methyl sites for hydroxylation is 1. The number of rotatable bonds is 3. The minimum Gasteiger partial charge on any atom is -0.454 e. The van der Waals surface area contributed by atoms with E-state index < -0.39 is 0 Å². The van der Waals surface area contributed by atoms with Crippen LogP contribution in [0.15, 0.2) is 41.9 Å². The first-order chi connectivity index (χ1) is 12.7. The van der Waals surface area contributed by atoms with Crippen molar-refractivity contribution in [1.82, 2.24) is 14.4 Å². The molecule has 6 nitrogen and oxygen atoms in total. The molecule has 0 unspecified atom stereocenters. The Hall–Kier alpha value is -2.65. The lowest BCUT2D eigenvalue weighted by Crippen LogP contribution is -1.93. The summed E-state index contributed by atoms with van der Waals surface area (Å²) in [5, 5.41) is 5.92. The van der Waals surface area contributed by atoms with Gasteiger partial charge in [0, 0.05) is 23.3 Å². The average Bonchev–Trinajstić information content (AvgIpc) is 3.32. The first-order valence-corrected chi connectivity index (χ1v) is 8.82. The number of pyridine rings is 1. The van der Waals surface area contributed by atoms with Crippen molar-refractivity contribution in [2.24, 2.45) is 0 Å². The standard InChI is InChI=1S/C18H13FN4O2S.BrH/c1-10-17(23-7-11(19)2-5-16(23)20-10)13-8-26-18(22-13)21-12-3-4-14-15(6-12)25-9-24-14;/h2-8H,9H2,1H3,(H,21,22);1H. The summed E-state index contributed by atoms with van der Waals surface area (Å²) in [6, 6.07) is 8.70. The molecule has 3 aromatic heterocycles. The van der Waals surface area contributed by atoms with Gasteiger partial charge in [-0.2, -0.15) is 0 Å². The van der Waals surface area contributed by atoms with E-state index in [-0.39, 0.29) is 29.6 Å². The number of nitrogens with zero attached hydrogens (tertiary/aromatic N) is 3. The molecule has 0 saturated heterocycles. The van der Waals surface area contributed by atoms with Gasteiger partial charge in [-0.25, -0.2) is 14.4 Å². The second-order valence-corrected chi connectivity index (χ2v) is 6.71. The zero-order chi connectivity index (χ0) is 17.7. The fraction of sp³-hybridized carbons (Fsp3) is 0.111. The Morgan fingerprint density at radius 3 is 2.89 bits per heavy atom. The number of ether oxygens (including phenoxy) is 2. The van der Waals surface area contributed by atoms with E-state index in [2.05, 4.69) is 15.3 Å². The van der Waals surface area contributed by atoms with Crippen LogP contribution in [0.3, 0.4) is 0 Å². The molecule has 0 saturated carbocycles. The summed E-state index contributed by atoms with van der Waals surface area (Å²) >= 11 is 1.47. The van der Waals surface area contributed by atoms with Crippen molar-refractivity contribution in [3.63, 3.8) is 0 Å². The van der Waals surface area contributed by atoms with Gasteiger partial charge in [0.25, 0.3) is 0 Å². The van der Waals surface area contributed by atoms with Crippen LogP contribution in [0.5, 0.6) is 11.5 Å². The number of nitrogens with one attached hydrogen (secondary N) is 1. The third kappa shape index (κ3) is 3.13. The number of aromatic nitrogens is 3. The van der Waals surface area contributed by atoms with Crippen molar-refractivity contribution in [3.05, 3.63) is 53.4 Å². The topological polar surface area (TPSA) is 60.7 Å². The maximum Gasteiger partial charge on any atom is 0.231 e. The number of benzene rings is 1. The first kappa shape index (κ1) is 17.7. The molecule has 0 fully saturated rings. The third-order valence-electron chi connectivity index (χ3n) is 4.13. The second-order valence-electron chi connectivity index (χ2n) is 5.85. The van der Waals surface area contributed by atoms with Crippen molar-refractivity contribution in [1.29, 1.82) is 0 Å². The Balaban J connectivity index is 0.00000180. The normalized spacial score (nSPS) is 12.2. The summed E-state index contributed by atoms with van der Waals surface area (Å²) in [6.07, 6.45) is 1.43. The van der Waals surface area contributed by atoms with E-state index in [1.165, 1.54) is 23.6 Å². The molecular weight excluding hydrogens is 435 g/mol. The maximum atomic E-state index is 13.6. The summed E-state index contributed by atoms with van der Waals surface area (Å²) in [7, 11) is 0. The van der Waals surface area contributed by atoms with E-state index >= 15 is 0 Å². The summed E-state index contributed by atoms with van der Waals surface area (Å²) in [4.78, 5) is 9.11. The number of hydrogen-bond donors (Lipinski definition) is 1. The Bertz CT molecular complexity index is 1140. The van der Waals surface area contributed by atoms with E-state index in [1.54, 1.807) is 10.5 Å². The largest absolute Gasteiger partial charge is 0.454 e. The van der Waals surface area contributed by atoms with Crippen LogP contribution in [0.2, 0.25) is 0 Å². The van der Waals surface area contributed by atoms with Gasteiger partial charge in [-0.1, -0.05) is 0 Å². The smallest absolute Gasteiger partial charge is 0.231 e. The molecule has 27 heavy (non-hydrogen) atoms. The van der Waals surface area contributed by atoms with Crippen LogP contribution in [-0.2, 0) is 0 Å². The molecule has 9 heteroatoms. The predicted octanol–water partition coefficient (Wildman–Crippen LogP) is 4.96. The fourth-order valence-corrected chi connectivity index (χ4v) is 3.70. The molecule has 138 valence electrons. The third-order valence-corrected chi connectivity index (χ3v) is 4.89. The van der Waals surface area contributed by atoms with Crippen molar-refractivity contribution >= 4 is 44.8 Å². The molecule has 0 radical (unpaired) electrons.